The number of furan rings is 2. The lowest BCUT2D eigenvalue weighted by atomic mass is 9.84. The van der Waals surface area contributed by atoms with Gasteiger partial charge < -0.3 is 8.83 Å². The smallest absolute Gasteiger partial charge is 0.143 e. The fourth-order valence-electron chi connectivity index (χ4n) is 9.10. The van der Waals surface area contributed by atoms with Gasteiger partial charge in [-0.1, -0.05) is 158 Å². The predicted octanol–water partition coefficient (Wildman–Crippen LogP) is 15.1. The van der Waals surface area contributed by atoms with E-state index in [0.29, 0.717) is 0 Å². The summed E-state index contributed by atoms with van der Waals surface area (Å²) in [4.78, 5) is 0. The molecule has 0 radical (unpaired) electrons. The molecule has 0 aliphatic rings. The number of hydrogen-bond acceptors (Lipinski definition) is 2. The van der Waals surface area contributed by atoms with Gasteiger partial charge >= 0.3 is 0 Å². The second kappa shape index (κ2) is 11.2. The van der Waals surface area contributed by atoms with Crippen LogP contribution in [-0.2, 0) is 0 Å². The van der Waals surface area contributed by atoms with E-state index in [9.17, 15) is 0 Å². The van der Waals surface area contributed by atoms with Gasteiger partial charge in [-0.2, -0.15) is 0 Å². The summed E-state index contributed by atoms with van der Waals surface area (Å²) in [6, 6.07) is 65.5. The molecule has 12 rings (SSSR count). The fourth-order valence-corrected chi connectivity index (χ4v) is 9.10. The number of benzene rings is 10. The average Bonchev–Trinajstić information content (AvgIpc) is 3.81. The molecule has 0 N–H and O–H groups in total. The molecule has 0 amide bonds. The Labute approximate surface area is 310 Å². The van der Waals surface area contributed by atoms with E-state index in [1.54, 1.807) is 0 Å². The largest absolute Gasteiger partial charge is 0.456 e. The highest BCUT2D eigenvalue weighted by Crippen LogP contribution is 2.51. The van der Waals surface area contributed by atoms with Crippen LogP contribution >= 0.6 is 0 Å². The molecule has 0 saturated heterocycles. The van der Waals surface area contributed by atoms with Gasteiger partial charge in [0.1, 0.15) is 22.5 Å². The average molecular weight is 687 g/mol. The van der Waals surface area contributed by atoms with Crippen LogP contribution in [-0.4, -0.2) is 0 Å². The Morgan fingerprint density at radius 3 is 1.56 bits per heavy atom. The Bertz CT molecular complexity index is 3440. The molecule has 0 aliphatic carbocycles. The Balaban J connectivity index is 1.22. The van der Waals surface area contributed by atoms with E-state index in [0.717, 1.165) is 66.1 Å². The highest BCUT2D eigenvalue weighted by molar-refractivity contribution is 6.27. The molecular formula is C52H30O2. The van der Waals surface area contributed by atoms with Crippen LogP contribution < -0.4 is 0 Å². The van der Waals surface area contributed by atoms with Crippen molar-refractivity contribution in [2.75, 3.05) is 0 Å². The lowest BCUT2D eigenvalue weighted by Gasteiger charge is -2.18. The van der Waals surface area contributed by atoms with Gasteiger partial charge in [-0.25, -0.2) is 0 Å². The van der Waals surface area contributed by atoms with Gasteiger partial charge in [0.15, 0.2) is 0 Å². The first-order valence-electron chi connectivity index (χ1n) is 18.5. The van der Waals surface area contributed by atoms with Gasteiger partial charge in [0.05, 0.1) is 0 Å². The lowest BCUT2D eigenvalue weighted by molar-refractivity contribution is 0.636. The third-order valence-corrected chi connectivity index (χ3v) is 11.4. The molecule has 2 nitrogen and oxygen atoms in total. The molecule has 2 aromatic heterocycles. The maximum absolute atomic E-state index is 7.18. The fraction of sp³-hybridized carbons (Fsp3) is 0. The van der Waals surface area contributed by atoms with Crippen LogP contribution in [0.3, 0.4) is 0 Å². The molecular weight excluding hydrogens is 657 g/mol. The molecule has 250 valence electrons. The van der Waals surface area contributed by atoms with Crippen molar-refractivity contribution in [3.05, 3.63) is 182 Å². The summed E-state index contributed by atoms with van der Waals surface area (Å²) in [6.45, 7) is 0. The second-order valence-corrected chi connectivity index (χ2v) is 14.3. The zero-order chi connectivity index (χ0) is 35.3. The molecule has 0 saturated carbocycles. The van der Waals surface area contributed by atoms with Crippen LogP contribution in [0.5, 0.6) is 0 Å². The summed E-state index contributed by atoms with van der Waals surface area (Å²) in [5, 5.41) is 15.2. The van der Waals surface area contributed by atoms with E-state index in [1.165, 1.54) is 54.2 Å². The standard InChI is InChI=1S/C52H30O2/c1-4-16-35-31(12-1)15-11-23-42(35)52-50(43-27-24-33-14-3-6-18-37(33)51(43)54-52)49-40-21-9-7-19-38(40)47(39-20-8-10-22-41(39)49)34-26-28-45-44(30-34)48-36-17-5-2-13-32(36)25-29-46(48)53-45/h1-30H. The van der Waals surface area contributed by atoms with Crippen molar-refractivity contribution in [1.29, 1.82) is 0 Å². The Kier molecular flexibility index (Phi) is 6.09. The van der Waals surface area contributed by atoms with Gasteiger partial charge in [-0.15, -0.1) is 0 Å². The minimum absolute atomic E-state index is 0.888. The van der Waals surface area contributed by atoms with Crippen molar-refractivity contribution in [2.24, 2.45) is 0 Å². The van der Waals surface area contributed by atoms with E-state index in [2.05, 4.69) is 182 Å². The number of rotatable bonds is 3. The maximum atomic E-state index is 7.18. The summed E-state index contributed by atoms with van der Waals surface area (Å²) >= 11 is 0. The van der Waals surface area contributed by atoms with Gasteiger partial charge in [0.2, 0.25) is 0 Å². The molecule has 2 heterocycles. The van der Waals surface area contributed by atoms with Gasteiger partial charge in [0.25, 0.3) is 0 Å². The van der Waals surface area contributed by atoms with E-state index >= 15 is 0 Å². The molecule has 0 spiro atoms. The van der Waals surface area contributed by atoms with Crippen LogP contribution in [0.1, 0.15) is 0 Å². The van der Waals surface area contributed by atoms with Crippen molar-refractivity contribution in [3.8, 4) is 33.6 Å². The quantitative estimate of drug-likeness (QED) is 0.173. The Morgan fingerprint density at radius 1 is 0.296 bits per heavy atom. The Morgan fingerprint density at radius 2 is 0.833 bits per heavy atom. The molecule has 0 fully saturated rings. The highest BCUT2D eigenvalue weighted by Gasteiger charge is 2.26. The minimum Gasteiger partial charge on any atom is -0.456 e. The molecule has 12 aromatic rings. The van der Waals surface area contributed by atoms with E-state index in [-0.39, 0.29) is 0 Å². The van der Waals surface area contributed by atoms with Crippen molar-refractivity contribution in [3.63, 3.8) is 0 Å². The molecule has 0 aliphatic heterocycles. The second-order valence-electron chi connectivity index (χ2n) is 14.3. The third kappa shape index (κ3) is 4.11. The normalized spacial score (nSPS) is 12.1. The van der Waals surface area contributed by atoms with Crippen LogP contribution in [0, 0.1) is 0 Å². The van der Waals surface area contributed by atoms with Crippen molar-refractivity contribution >= 4 is 86.8 Å². The first-order chi connectivity index (χ1) is 26.8. The molecule has 0 bridgehead atoms. The predicted molar refractivity (Wildman–Crippen MR) is 227 cm³/mol. The van der Waals surface area contributed by atoms with E-state index in [4.69, 9.17) is 8.83 Å². The van der Waals surface area contributed by atoms with Crippen LogP contribution in [0.2, 0.25) is 0 Å². The summed E-state index contributed by atoms with van der Waals surface area (Å²) in [7, 11) is 0. The number of fused-ring (bicyclic) bond motifs is 11. The topological polar surface area (TPSA) is 26.3 Å². The van der Waals surface area contributed by atoms with Crippen LogP contribution in [0.15, 0.2) is 191 Å². The van der Waals surface area contributed by atoms with Gasteiger partial charge in [-0.05, 0) is 83.9 Å². The summed E-state index contributed by atoms with van der Waals surface area (Å²) in [6.07, 6.45) is 0. The first kappa shape index (κ1) is 29.4. The molecule has 0 unspecified atom stereocenters. The monoisotopic (exact) mass is 686 g/mol. The van der Waals surface area contributed by atoms with Gasteiger partial charge in [-0.3, -0.25) is 0 Å². The van der Waals surface area contributed by atoms with Crippen molar-refractivity contribution in [2.45, 2.75) is 0 Å². The first-order valence-corrected chi connectivity index (χ1v) is 18.5. The Hall–Kier alpha value is -7.16. The van der Waals surface area contributed by atoms with E-state index < -0.39 is 0 Å². The molecule has 2 heteroatoms. The molecule has 54 heavy (non-hydrogen) atoms. The highest BCUT2D eigenvalue weighted by atomic mass is 16.3. The minimum atomic E-state index is 0.888. The SMILES string of the molecule is c1ccc2c(-c3oc4c(ccc5ccccc54)c3-c3c4ccccc4c(-c4ccc5oc6ccc7ccccc7c6c5c4)c4ccccc34)cccc2c1. The number of hydrogen-bond donors (Lipinski definition) is 0. The van der Waals surface area contributed by atoms with Crippen LogP contribution in [0.25, 0.3) is 120 Å². The van der Waals surface area contributed by atoms with Crippen LogP contribution in [0.4, 0.5) is 0 Å². The maximum Gasteiger partial charge on any atom is 0.143 e. The van der Waals surface area contributed by atoms with Gasteiger partial charge in [0, 0.05) is 38.2 Å². The lowest BCUT2D eigenvalue weighted by Crippen LogP contribution is -1.92. The third-order valence-electron chi connectivity index (χ3n) is 11.4. The molecule has 0 atom stereocenters. The van der Waals surface area contributed by atoms with Crippen molar-refractivity contribution < 1.29 is 8.83 Å². The summed E-state index contributed by atoms with van der Waals surface area (Å²) in [5.41, 5.74) is 8.48. The summed E-state index contributed by atoms with van der Waals surface area (Å²) in [5.74, 6) is 0.888. The zero-order valence-electron chi connectivity index (χ0n) is 29.1. The zero-order valence-corrected chi connectivity index (χ0v) is 29.1. The van der Waals surface area contributed by atoms with Crippen molar-refractivity contribution in [1.82, 2.24) is 0 Å². The molecule has 10 aromatic carbocycles. The van der Waals surface area contributed by atoms with E-state index in [1.807, 2.05) is 0 Å². The summed E-state index contributed by atoms with van der Waals surface area (Å²) < 4.78 is 13.6.